The quantitative estimate of drug-likeness (QED) is 0.364. The van der Waals surface area contributed by atoms with Crippen molar-refractivity contribution in [2.24, 2.45) is 0 Å². The lowest BCUT2D eigenvalue weighted by Crippen LogP contribution is -2.19. The summed E-state index contributed by atoms with van der Waals surface area (Å²) in [5.41, 5.74) is 4.69. The summed E-state index contributed by atoms with van der Waals surface area (Å²) in [5.74, 6) is -3.95. The van der Waals surface area contributed by atoms with E-state index in [0.717, 1.165) is 24.3 Å². The normalized spacial score (nSPS) is 12.0. The molecule has 0 saturated heterocycles. The van der Waals surface area contributed by atoms with Crippen molar-refractivity contribution in [2.75, 3.05) is 16.8 Å². The van der Waals surface area contributed by atoms with Gasteiger partial charge < -0.3 is 15.8 Å². The largest absolute Gasteiger partial charge is 0.573 e. The van der Waals surface area contributed by atoms with E-state index in [1.807, 2.05) is 0 Å². The van der Waals surface area contributed by atoms with Gasteiger partial charge in [-0.2, -0.15) is 13.2 Å². The Morgan fingerprint density at radius 1 is 1.14 bits per heavy atom. The van der Waals surface area contributed by atoms with Gasteiger partial charge >= 0.3 is 12.5 Å². The maximum atomic E-state index is 14.1. The molecule has 0 bridgehead atoms. The van der Waals surface area contributed by atoms with Gasteiger partial charge in [-0.3, -0.25) is 4.79 Å². The molecule has 1 amide bonds. The molecule has 2 aromatic carbocycles. The van der Waals surface area contributed by atoms with E-state index in [-0.39, 0.29) is 16.1 Å². The number of halogens is 7. The molecule has 0 atom stereocenters. The molecule has 29 heavy (non-hydrogen) atoms. The fourth-order valence-electron chi connectivity index (χ4n) is 2.18. The number of alkyl halides is 6. The molecule has 158 valence electrons. The molecule has 0 unspecified atom stereocenters. The number of nitrogen functional groups attached to an aromatic ring is 1. The van der Waals surface area contributed by atoms with Gasteiger partial charge in [-0.15, -0.1) is 24.9 Å². The first-order valence-electron chi connectivity index (χ1n) is 7.71. The van der Waals surface area contributed by atoms with Crippen LogP contribution in [0.3, 0.4) is 0 Å². The molecular weight excluding hydrogens is 429 g/mol. The zero-order valence-corrected chi connectivity index (χ0v) is 15.4. The first kappa shape index (κ1) is 22.7. The number of benzene rings is 2. The highest BCUT2D eigenvalue weighted by Gasteiger charge is 2.31. The minimum atomic E-state index is -5.00. The van der Waals surface area contributed by atoms with Crippen LogP contribution < -0.4 is 15.8 Å². The number of thioether (sulfide) groups is 1. The van der Waals surface area contributed by atoms with Crippen LogP contribution in [0.1, 0.15) is 15.9 Å². The second-order valence-corrected chi connectivity index (χ2v) is 6.77. The van der Waals surface area contributed by atoms with Crippen LogP contribution in [0.2, 0.25) is 0 Å². The Bertz CT molecular complexity index is 914. The van der Waals surface area contributed by atoms with Gasteiger partial charge in [0.05, 0.1) is 17.0 Å². The zero-order chi connectivity index (χ0) is 22.0. The van der Waals surface area contributed by atoms with E-state index >= 15 is 0 Å². The van der Waals surface area contributed by atoms with Gasteiger partial charge in [-0.25, -0.2) is 4.39 Å². The molecule has 3 N–H and O–H groups in total. The Hall–Kier alpha value is -2.63. The van der Waals surface area contributed by atoms with Crippen molar-refractivity contribution in [3.8, 4) is 5.75 Å². The fraction of sp³-hybridized carbons (Fsp3) is 0.235. The molecule has 0 spiro atoms. The Labute approximate surface area is 164 Å². The third-order valence-corrected chi connectivity index (χ3v) is 4.63. The van der Waals surface area contributed by atoms with Gasteiger partial charge in [-0.05, 0) is 42.8 Å². The molecule has 0 saturated carbocycles. The van der Waals surface area contributed by atoms with Gasteiger partial charge in [-0.1, -0.05) is 0 Å². The molecule has 4 nitrogen and oxygen atoms in total. The summed E-state index contributed by atoms with van der Waals surface area (Å²) < 4.78 is 92.1. The molecule has 0 aliphatic carbocycles. The number of ether oxygens (including phenoxy) is 1. The molecule has 12 heteroatoms. The van der Waals surface area contributed by atoms with E-state index in [2.05, 4.69) is 10.1 Å². The highest BCUT2D eigenvalue weighted by Crippen LogP contribution is 2.33. The third-order valence-electron chi connectivity index (χ3n) is 3.41. The smallest absolute Gasteiger partial charge is 0.406 e. The highest BCUT2D eigenvalue weighted by molar-refractivity contribution is 7.99. The lowest BCUT2D eigenvalue weighted by molar-refractivity contribution is -0.274. The van der Waals surface area contributed by atoms with Crippen molar-refractivity contribution < 1.29 is 40.3 Å². The Morgan fingerprint density at radius 3 is 2.38 bits per heavy atom. The SMILES string of the molecule is Cc1cc(F)c(NC(=O)c2cc(OC(F)(F)F)ccc2N)cc1SCC(F)(F)F. The summed E-state index contributed by atoms with van der Waals surface area (Å²) in [4.78, 5) is 12.4. The van der Waals surface area contributed by atoms with Gasteiger partial charge in [0, 0.05) is 10.6 Å². The van der Waals surface area contributed by atoms with E-state index in [9.17, 15) is 35.5 Å². The Morgan fingerprint density at radius 2 is 1.79 bits per heavy atom. The summed E-state index contributed by atoms with van der Waals surface area (Å²) in [6, 6.07) is 4.53. The summed E-state index contributed by atoms with van der Waals surface area (Å²) in [6.07, 6.45) is -9.46. The van der Waals surface area contributed by atoms with Crippen molar-refractivity contribution in [3.63, 3.8) is 0 Å². The Balaban J connectivity index is 2.27. The van der Waals surface area contributed by atoms with E-state index < -0.39 is 47.0 Å². The number of hydrogen-bond acceptors (Lipinski definition) is 4. The van der Waals surface area contributed by atoms with Crippen molar-refractivity contribution in [3.05, 3.63) is 47.3 Å². The first-order valence-corrected chi connectivity index (χ1v) is 8.70. The number of anilines is 2. The topological polar surface area (TPSA) is 64.3 Å². The van der Waals surface area contributed by atoms with E-state index in [0.29, 0.717) is 17.8 Å². The second kappa shape index (κ2) is 8.39. The van der Waals surface area contributed by atoms with Crippen molar-refractivity contribution in [1.29, 1.82) is 0 Å². The van der Waals surface area contributed by atoms with Crippen LogP contribution in [0.5, 0.6) is 5.75 Å². The van der Waals surface area contributed by atoms with Crippen LogP contribution in [-0.2, 0) is 0 Å². The second-order valence-electron chi connectivity index (χ2n) is 5.75. The standard InChI is InChI=1S/C17H13F7N2O2S/c1-8-4-11(18)13(6-14(8)29-7-16(19,20)21)26-15(27)10-5-9(2-3-12(10)25)28-17(22,23)24/h2-6H,7,25H2,1H3,(H,26,27). The van der Waals surface area contributed by atoms with Crippen molar-refractivity contribution in [2.45, 2.75) is 24.4 Å². The van der Waals surface area contributed by atoms with Crippen LogP contribution in [-0.4, -0.2) is 24.2 Å². The van der Waals surface area contributed by atoms with Gasteiger partial charge in [0.1, 0.15) is 11.6 Å². The lowest BCUT2D eigenvalue weighted by atomic mass is 10.1. The molecule has 0 aliphatic rings. The molecular formula is C17H13F7N2O2S. The minimum Gasteiger partial charge on any atom is -0.406 e. The molecule has 2 rings (SSSR count). The van der Waals surface area contributed by atoms with E-state index in [1.165, 1.54) is 6.92 Å². The number of carbonyl (C=O) groups excluding carboxylic acids is 1. The summed E-state index contributed by atoms with van der Waals surface area (Å²) in [6.45, 7) is 1.39. The first-order chi connectivity index (χ1) is 13.2. The third kappa shape index (κ3) is 6.73. The number of carbonyl (C=O) groups is 1. The summed E-state index contributed by atoms with van der Waals surface area (Å²) >= 11 is 0.399. The zero-order valence-electron chi connectivity index (χ0n) is 14.5. The molecule has 0 aromatic heterocycles. The summed E-state index contributed by atoms with van der Waals surface area (Å²) in [5, 5.41) is 2.10. The van der Waals surface area contributed by atoms with Gasteiger partial charge in [0.2, 0.25) is 0 Å². The molecule has 0 heterocycles. The predicted octanol–water partition coefficient (Wildman–Crippen LogP) is 5.52. The summed E-state index contributed by atoms with van der Waals surface area (Å²) in [7, 11) is 0. The van der Waals surface area contributed by atoms with E-state index in [1.54, 1.807) is 0 Å². The maximum absolute atomic E-state index is 14.1. The van der Waals surface area contributed by atoms with Crippen molar-refractivity contribution >= 4 is 29.0 Å². The molecule has 0 fully saturated rings. The Kier molecular flexibility index (Phi) is 6.56. The monoisotopic (exact) mass is 442 g/mol. The number of amides is 1. The van der Waals surface area contributed by atoms with Crippen molar-refractivity contribution in [1.82, 2.24) is 0 Å². The molecule has 0 aliphatic heterocycles. The lowest BCUT2D eigenvalue weighted by Gasteiger charge is -2.14. The van der Waals surface area contributed by atoms with E-state index in [4.69, 9.17) is 5.73 Å². The van der Waals surface area contributed by atoms with Crippen LogP contribution >= 0.6 is 11.8 Å². The van der Waals surface area contributed by atoms with Crippen LogP contribution in [0.15, 0.2) is 35.2 Å². The maximum Gasteiger partial charge on any atom is 0.573 e. The number of aryl methyl sites for hydroxylation is 1. The number of rotatable bonds is 5. The number of nitrogens with two attached hydrogens (primary N) is 1. The van der Waals surface area contributed by atoms with Crippen LogP contribution in [0, 0.1) is 12.7 Å². The van der Waals surface area contributed by atoms with Gasteiger partial charge in [0.15, 0.2) is 0 Å². The number of nitrogens with one attached hydrogen (secondary N) is 1. The highest BCUT2D eigenvalue weighted by atomic mass is 32.2. The fourth-order valence-corrected chi connectivity index (χ4v) is 2.99. The van der Waals surface area contributed by atoms with Gasteiger partial charge in [0.25, 0.3) is 5.91 Å². The van der Waals surface area contributed by atoms with Crippen LogP contribution in [0.4, 0.5) is 42.1 Å². The minimum absolute atomic E-state index is 0.0705. The number of hydrogen-bond donors (Lipinski definition) is 2. The average Bonchev–Trinajstić information content (AvgIpc) is 2.55. The predicted molar refractivity (Wildman–Crippen MR) is 93.4 cm³/mol. The van der Waals surface area contributed by atoms with Crippen LogP contribution in [0.25, 0.3) is 0 Å². The average molecular weight is 442 g/mol. The molecule has 0 radical (unpaired) electrons. The molecule has 2 aromatic rings.